The number of carbonyl (C=O) groups excluding carboxylic acids is 2. The summed E-state index contributed by atoms with van der Waals surface area (Å²) in [5.74, 6) is -1.62. The first-order chi connectivity index (χ1) is 10.9. The number of nitrogens with one attached hydrogen (secondary N) is 1. The van der Waals surface area contributed by atoms with E-state index in [2.05, 4.69) is 21.2 Å². The highest BCUT2D eigenvalue weighted by Crippen LogP contribution is 2.19. The molecule has 0 aliphatic heterocycles. The summed E-state index contributed by atoms with van der Waals surface area (Å²) in [4.78, 5) is 23.3. The van der Waals surface area contributed by atoms with Crippen molar-refractivity contribution in [2.24, 2.45) is 0 Å². The van der Waals surface area contributed by atoms with Crippen LogP contribution in [0.25, 0.3) is 0 Å². The Morgan fingerprint density at radius 1 is 1.17 bits per heavy atom. The van der Waals surface area contributed by atoms with Crippen molar-refractivity contribution in [2.45, 2.75) is 6.42 Å². The van der Waals surface area contributed by atoms with E-state index in [9.17, 15) is 14.0 Å². The third-order valence-corrected chi connectivity index (χ3v) is 3.65. The Morgan fingerprint density at radius 3 is 2.52 bits per heavy atom. The molecule has 23 heavy (non-hydrogen) atoms. The number of benzene rings is 2. The van der Waals surface area contributed by atoms with Crippen LogP contribution in [0.15, 0.2) is 46.9 Å². The van der Waals surface area contributed by atoms with E-state index >= 15 is 0 Å². The molecule has 0 fully saturated rings. The molecule has 0 aliphatic rings. The van der Waals surface area contributed by atoms with E-state index in [4.69, 9.17) is 16.3 Å². The summed E-state index contributed by atoms with van der Waals surface area (Å²) in [5, 5.41) is 2.36. The van der Waals surface area contributed by atoms with Crippen molar-refractivity contribution in [2.75, 3.05) is 11.9 Å². The molecular weight excluding hydrogens is 389 g/mol. The number of amides is 1. The molecule has 1 amide bonds. The average molecular weight is 401 g/mol. The van der Waals surface area contributed by atoms with Crippen LogP contribution in [0.5, 0.6) is 0 Å². The van der Waals surface area contributed by atoms with Crippen molar-refractivity contribution in [3.8, 4) is 0 Å². The summed E-state index contributed by atoms with van der Waals surface area (Å²) in [7, 11) is 0. The molecule has 0 heterocycles. The zero-order chi connectivity index (χ0) is 16.8. The molecule has 0 spiro atoms. The van der Waals surface area contributed by atoms with Crippen LogP contribution >= 0.6 is 27.5 Å². The number of ether oxygens (including phenoxy) is 1. The standard InChI is InChI=1S/C16H12BrClFNO3/c17-11-3-1-10(2-4-11)7-16(22)23-9-15(21)20-12-5-6-14(19)13(18)8-12/h1-6,8H,7,9H2,(H,20,21). The van der Waals surface area contributed by atoms with Crippen molar-refractivity contribution >= 4 is 45.1 Å². The zero-order valence-corrected chi connectivity index (χ0v) is 14.2. The van der Waals surface area contributed by atoms with Gasteiger partial charge in [-0.1, -0.05) is 39.7 Å². The Labute approximate surface area is 145 Å². The maximum Gasteiger partial charge on any atom is 0.310 e. The van der Waals surface area contributed by atoms with Crippen molar-refractivity contribution in [3.63, 3.8) is 0 Å². The van der Waals surface area contributed by atoms with Gasteiger partial charge in [0.05, 0.1) is 11.4 Å². The van der Waals surface area contributed by atoms with Gasteiger partial charge in [0, 0.05) is 10.2 Å². The highest BCUT2D eigenvalue weighted by Gasteiger charge is 2.10. The molecule has 0 unspecified atom stereocenters. The average Bonchev–Trinajstić information content (AvgIpc) is 2.51. The number of hydrogen-bond donors (Lipinski definition) is 1. The summed E-state index contributed by atoms with van der Waals surface area (Å²) in [5.41, 5.74) is 1.11. The quantitative estimate of drug-likeness (QED) is 0.773. The number of hydrogen-bond acceptors (Lipinski definition) is 3. The lowest BCUT2D eigenvalue weighted by molar-refractivity contribution is -0.146. The molecule has 0 aromatic heterocycles. The lowest BCUT2D eigenvalue weighted by Crippen LogP contribution is -2.21. The van der Waals surface area contributed by atoms with Crippen LogP contribution < -0.4 is 5.32 Å². The van der Waals surface area contributed by atoms with E-state index in [1.54, 1.807) is 12.1 Å². The van der Waals surface area contributed by atoms with Gasteiger partial charge in [0.1, 0.15) is 5.82 Å². The lowest BCUT2D eigenvalue weighted by Gasteiger charge is -2.07. The highest BCUT2D eigenvalue weighted by molar-refractivity contribution is 9.10. The molecular formula is C16H12BrClFNO3. The van der Waals surface area contributed by atoms with E-state index in [1.807, 2.05) is 12.1 Å². The topological polar surface area (TPSA) is 55.4 Å². The predicted octanol–water partition coefficient (Wildman–Crippen LogP) is 3.97. The van der Waals surface area contributed by atoms with Crippen molar-refractivity contribution in [1.82, 2.24) is 0 Å². The van der Waals surface area contributed by atoms with Crippen LogP contribution in [0.4, 0.5) is 10.1 Å². The molecule has 2 rings (SSSR count). The van der Waals surface area contributed by atoms with Gasteiger partial charge in [-0.15, -0.1) is 0 Å². The van der Waals surface area contributed by atoms with E-state index in [1.165, 1.54) is 12.1 Å². The van der Waals surface area contributed by atoms with Crippen LogP contribution in [0.1, 0.15) is 5.56 Å². The summed E-state index contributed by atoms with van der Waals surface area (Å²) in [6, 6.07) is 11.0. The van der Waals surface area contributed by atoms with Gasteiger partial charge in [0.25, 0.3) is 5.91 Å². The Morgan fingerprint density at radius 2 is 1.87 bits per heavy atom. The minimum Gasteiger partial charge on any atom is -0.455 e. The summed E-state index contributed by atoms with van der Waals surface area (Å²) >= 11 is 8.91. The Hall–Kier alpha value is -1.92. The summed E-state index contributed by atoms with van der Waals surface area (Å²) < 4.78 is 18.8. The molecule has 2 aromatic carbocycles. The van der Waals surface area contributed by atoms with Gasteiger partial charge < -0.3 is 10.1 Å². The Balaban J connectivity index is 1.80. The normalized spacial score (nSPS) is 10.2. The van der Waals surface area contributed by atoms with E-state index in [-0.39, 0.29) is 11.4 Å². The SMILES string of the molecule is O=C(COC(=O)Cc1ccc(Br)cc1)Nc1ccc(F)c(Cl)c1. The van der Waals surface area contributed by atoms with Crippen molar-refractivity contribution in [3.05, 3.63) is 63.3 Å². The van der Waals surface area contributed by atoms with Crippen LogP contribution in [-0.2, 0) is 20.7 Å². The number of anilines is 1. The minimum atomic E-state index is -0.578. The second-order valence-corrected chi connectivity index (χ2v) is 5.96. The second kappa shape index (κ2) is 8.08. The fraction of sp³-hybridized carbons (Fsp3) is 0.125. The van der Waals surface area contributed by atoms with Gasteiger partial charge in [0.15, 0.2) is 6.61 Å². The lowest BCUT2D eigenvalue weighted by atomic mass is 10.2. The molecule has 0 bridgehead atoms. The second-order valence-electron chi connectivity index (χ2n) is 4.64. The van der Waals surface area contributed by atoms with E-state index in [0.29, 0.717) is 5.69 Å². The fourth-order valence-corrected chi connectivity index (χ4v) is 2.18. The molecule has 4 nitrogen and oxygen atoms in total. The molecule has 120 valence electrons. The Bertz CT molecular complexity index is 722. The monoisotopic (exact) mass is 399 g/mol. The maximum atomic E-state index is 13.0. The minimum absolute atomic E-state index is 0.0724. The fourth-order valence-electron chi connectivity index (χ4n) is 1.74. The number of esters is 1. The third kappa shape index (κ3) is 5.65. The van der Waals surface area contributed by atoms with Crippen LogP contribution in [0, 0.1) is 5.82 Å². The smallest absolute Gasteiger partial charge is 0.310 e. The van der Waals surface area contributed by atoms with Crippen molar-refractivity contribution in [1.29, 1.82) is 0 Å². The van der Waals surface area contributed by atoms with Crippen LogP contribution in [-0.4, -0.2) is 18.5 Å². The Kier molecular flexibility index (Phi) is 6.12. The van der Waals surface area contributed by atoms with Crippen molar-refractivity contribution < 1.29 is 18.7 Å². The van der Waals surface area contributed by atoms with Gasteiger partial charge in [-0.2, -0.15) is 0 Å². The molecule has 0 radical (unpaired) electrons. The summed E-state index contributed by atoms with van der Waals surface area (Å²) in [6.45, 7) is -0.426. The number of carbonyl (C=O) groups is 2. The predicted molar refractivity (Wildman–Crippen MR) is 88.8 cm³/mol. The first-order valence-electron chi connectivity index (χ1n) is 6.59. The van der Waals surface area contributed by atoms with Crippen LogP contribution in [0.3, 0.4) is 0 Å². The first-order valence-corrected chi connectivity index (χ1v) is 7.76. The maximum absolute atomic E-state index is 13.0. The van der Waals surface area contributed by atoms with Gasteiger partial charge in [-0.05, 0) is 35.9 Å². The van der Waals surface area contributed by atoms with Gasteiger partial charge in [-0.3, -0.25) is 9.59 Å². The first kappa shape index (κ1) is 17.4. The van der Waals surface area contributed by atoms with Crippen LogP contribution in [0.2, 0.25) is 5.02 Å². The van der Waals surface area contributed by atoms with Gasteiger partial charge in [-0.25, -0.2) is 4.39 Å². The van der Waals surface area contributed by atoms with E-state index in [0.717, 1.165) is 16.1 Å². The molecule has 0 atom stereocenters. The molecule has 0 aliphatic carbocycles. The zero-order valence-electron chi connectivity index (χ0n) is 11.8. The number of rotatable bonds is 5. The highest BCUT2D eigenvalue weighted by atomic mass is 79.9. The van der Waals surface area contributed by atoms with E-state index < -0.39 is 24.3 Å². The van der Waals surface area contributed by atoms with Gasteiger partial charge in [0.2, 0.25) is 0 Å². The molecule has 0 saturated heterocycles. The third-order valence-electron chi connectivity index (χ3n) is 2.83. The molecule has 0 saturated carbocycles. The molecule has 1 N–H and O–H groups in total. The largest absolute Gasteiger partial charge is 0.455 e. The van der Waals surface area contributed by atoms with Gasteiger partial charge >= 0.3 is 5.97 Å². The summed E-state index contributed by atoms with van der Waals surface area (Å²) in [6.07, 6.45) is 0.0724. The molecule has 7 heteroatoms. The number of halogens is 3. The molecule has 2 aromatic rings.